The van der Waals surface area contributed by atoms with Crippen molar-refractivity contribution in [1.29, 1.82) is 0 Å². The Kier molecular flexibility index (Phi) is 9.17. The molecule has 2 aromatic carbocycles. The molecule has 2 aliphatic rings. The van der Waals surface area contributed by atoms with Crippen molar-refractivity contribution in [3.63, 3.8) is 0 Å². The number of halogens is 1. The highest BCUT2D eigenvalue weighted by molar-refractivity contribution is 7.97. The van der Waals surface area contributed by atoms with E-state index in [0.29, 0.717) is 19.8 Å². The highest BCUT2D eigenvalue weighted by Gasteiger charge is 2.42. The van der Waals surface area contributed by atoms with Crippen LogP contribution in [0, 0.1) is 11.2 Å². The molecule has 0 saturated carbocycles. The van der Waals surface area contributed by atoms with Gasteiger partial charge in [0, 0.05) is 55.1 Å². The fourth-order valence-corrected chi connectivity index (χ4v) is 6.21. The molecule has 0 amide bonds. The van der Waals surface area contributed by atoms with Gasteiger partial charge in [0.2, 0.25) is 0 Å². The van der Waals surface area contributed by atoms with Gasteiger partial charge in [-0.15, -0.1) is 0 Å². The van der Waals surface area contributed by atoms with E-state index in [-0.39, 0.29) is 16.6 Å². The molecule has 37 heavy (non-hydrogen) atoms. The smallest absolute Gasteiger partial charge is 0.123 e. The minimum atomic E-state index is -0.221. The minimum Gasteiger partial charge on any atom is -0.385 e. The third-order valence-corrected chi connectivity index (χ3v) is 8.32. The molecule has 0 bridgehead atoms. The zero-order chi connectivity index (χ0) is 26.5. The first-order valence-electron chi connectivity index (χ1n) is 13.2. The Labute approximate surface area is 226 Å². The molecule has 4 rings (SSSR count). The fourth-order valence-electron chi connectivity index (χ4n) is 5.16. The van der Waals surface area contributed by atoms with Crippen molar-refractivity contribution in [3.05, 3.63) is 82.8 Å². The van der Waals surface area contributed by atoms with Crippen LogP contribution < -0.4 is 5.32 Å². The third kappa shape index (κ3) is 7.26. The van der Waals surface area contributed by atoms with Gasteiger partial charge in [0.1, 0.15) is 5.82 Å². The summed E-state index contributed by atoms with van der Waals surface area (Å²) < 4.78 is 27.4. The van der Waals surface area contributed by atoms with Crippen LogP contribution in [-0.4, -0.2) is 44.3 Å². The number of ether oxygens (including phenoxy) is 2. The quantitative estimate of drug-likeness (QED) is 0.256. The van der Waals surface area contributed by atoms with E-state index in [9.17, 15) is 4.39 Å². The van der Waals surface area contributed by atoms with E-state index in [2.05, 4.69) is 67.7 Å². The molecule has 200 valence electrons. The van der Waals surface area contributed by atoms with Crippen molar-refractivity contribution in [1.82, 2.24) is 4.31 Å². The molecule has 0 spiro atoms. The molecule has 1 heterocycles. The number of hydrogen-bond donors (Lipinski definition) is 1. The molecule has 1 fully saturated rings. The molecule has 1 unspecified atom stereocenters. The number of fused-ring (bicyclic) bond motifs is 1. The Hall–Kier alpha value is -2.12. The molecular weight excluding hydrogens is 483 g/mol. The second kappa shape index (κ2) is 12.2. The molecule has 4 nitrogen and oxygen atoms in total. The van der Waals surface area contributed by atoms with Gasteiger partial charge in [-0.2, -0.15) is 0 Å². The number of piperidine rings is 1. The van der Waals surface area contributed by atoms with Gasteiger partial charge < -0.3 is 14.8 Å². The predicted octanol–water partition coefficient (Wildman–Crippen LogP) is 7.59. The number of nitrogens with one attached hydrogen (secondary N) is 1. The lowest BCUT2D eigenvalue weighted by Gasteiger charge is -2.46. The number of methoxy groups -OCH3 is 1. The maximum absolute atomic E-state index is 13.4. The first-order chi connectivity index (χ1) is 17.7. The van der Waals surface area contributed by atoms with E-state index in [0.717, 1.165) is 43.7 Å². The lowest BCUT2D eigenvalue weighted by atomic mass is 9.69. The summed E-state index contributed by atoms with van der Waals surface area (Å²) >= 11 is 1.85. The highest BCUT2D eigenvalue weighted by atomic mass is 32.2. The van der Waals surface area contributed by atoms with E-state index in [1.165, 1.54) is 33.7 Å². The van der Waals surface area contributed by atoms with E-state index >= 15 is 0 Å². The number of hydrogen-bond acceptors (Lipinski definition) is 5. The Bertz CT molecular complexity index is 1110. The SMILES string of the molecule is COCCCOCC12CC(C)=C(Nc3ccc(F)cc3)C=C1CCN(Sc1ccc(C(C)(C)C)cc1)C2. The van der Waals surface area contributed by atoms with Crippen LogP contribution in [0.5, 0.6) is 0 Å². The first kappa shape index (κ1) is 27.9. The van der Waals surface area contributed by atoms with Gasteiger partial charge in [0.15, 0.2) is 0 Å². The predicted molar refractivity (Wildman–Crippen MR) is 152 cm³/mol. The van der Waals surface area contributed by atoms with Gasteiger partial charge in [-0.3, -0.25) is 0 Å². The van der Waals surface area contributed by atoms with Crippen molar-refractivity contribution in [3.8, 4) is 0 Å². The summed E-state index contributed by atoms with van der Waals surface area (Å²) in [5.74, 6) is -0.221. The Morgan fingerprint density at radius 1 is 1.05 bits per heavy atom. The van der Waals surface area contributed by atoms with Gasteiger partial charge in [0.05, 0.1) is 6.61 Å². The first-order valence-corrected chi connectivity index (χ1v) is 14.0. The van der Waals surface area contributed by atoms with Gasteiger partial charge in [-0.1, -0.05) is 38.5 Å². The number of nitrogens with zero attached hydrogens (tertiary/aromatic N) is 1. The van der Waals surface area contributed by atoms with Crippen molar-refractivity contribution in [2.24, 2.45) is 5.41 Å². The Morgan fingerprint density at radius 2 is 1.78 bits per heavy atom. The highest BCUT2D eigenvalue weighted by Crippen LogP contribution is 2.47. The summed E-state index contributed by atoms with van der Waals surface area (Å²) in [6.07, 6.45) is 5.15. The van der Waals surface area contributed by atoms with Crippen LogP contribution in [0.4, 0.5) is 10.1 Å². The number of anilines is 1. The van der Waals surface area contributed by atoms with Gasteiger partial charge >= 0.3 is 0 Å². The molecule has 1 aliphatic carbocycles. The van der Waals surface area contributed by atoms with E-state index in [1.807, 2.05) is 11.9 Å². The number of rotatable bonds is 10. The molecule has 1 saturated heterocycles. The molecule has 1 N–H and O–H groups in total. The molecular formula is C31H41FN2O2S. The lowest BCUT2D eigenvalue weighted by molar-refractivity contribution is 0.0323. The van der Waals surface area contributed by atoms with Crippen LogP contribution in [0.2, 0.25) is 0 Å². The average Bonchev–Trinajstić information content (AvgIpc) is 2.86. The average molecular weight is 525 g/mol. The summed E-state index contributed by atoms with van der Waals surface area (Å²) in [5.41, 5.74) is 6.23. The number of benzene rings is 2. The largest absolute Gasteiger partial charge is 0.385 e. The van der Waals surface area contributed by atoms with Crippen molar-refractivity contribution >= 4 is 17.6 Å². The van der Waals surface area contributed by atoms with E-state index in [4.69, 9.17) is 9.47 Å². The normalized spacial score (nSPS) is 20.5. The molecule has 2 aromatic rings. The summed E-state index contributed by atoms with van der Waals surface area (Å²) in [7, 11) is 1.73. The minimum absolute atomic E-state index is 0.0538. The molecule has 1 atom stereocenters. The second-order valence-electron chi connectivity index (χ2n) is 11.3. The van der Waals surface area contributed by atoms with Crippen molar-refractivity contribution < 1.29 is 13.9 Å². The molecule has 0 aromatic heterocycles. The van der Waals surface area contributed by atoms with Gasteiger partial charge in [-0.25, -0.2) is 8.70 Å². The molecule has 1 aliphatic heterocycles. The summed E-state index contributed by atoms with van der Waals surface area (Å²) in [6.45, 7) is 13.0. The standard InChI is InChI=1S/C31H41FN2O2S/c1-23-20-31(22-36-18-6-17-35-5)21-34(37-28-13-7-24(8-14-28)30(2,3)4)16-15-25(31)19-29(23)33-27-11-9-26(32)10-12-27/h7-14,19,33H,6,15-18,20-22H2,1-5H3. The van der Waals surface area contributed by atoms with Crippen molar-refractivity contribution in [2.75, 3.05) is 45.3 Å². The summed E-state index contributed by atoms with van der Waals surface area (Å²) in [5, 5.41) is 3.52. The van der Waals surface area contributed by atoms with Crippen LogP contribution in [0.25, 0.3) is 0 Å². The maximum Gasteiger partial charge on any atom is 0.123 e. The van der Waals surface area contributed by atoms with Crippen LogP contribution in [0.1, 0.15) is 52.5 Å². The second-order valence-corrected chi connectivity index (χ2v) is 12.5. The van der Waals surface area contributed by atoms with Crippen LogP contribution in [0.3, 0.4) is 0 Å². The Morgan fingerprint density at radius 3 is 2.46 bits per heavy atom. The van der Waals surface area contributed by atoms with Gasteiger partial charge in [0.25, 0.3) is 0 Å². The van der Waals surface area contributed by atoms with Crippen LogP contribution in [-0.2, 0) is 14.9 Å². The van der Waals surface area contributed by atoms with Crippen LogP contribution >= 0.6 is 11.9 Å². The van der Waals surface area contributed by atoms with Crippen molar-refractivity contribution in [2.45, 2.75) is 57.3 Å². The Balaban J connectivity index is 1.50. The van der Waals surface area contributed by atoms with E-state index < -0.39 is 0 Å². The third-order valence-electron chi connectivity index (χ3n) is 7.27. The summed E-state index contributed by atoms with van der Waals surface area (Å²) in [4.78, 5) is 1.28. The monoisotopic (exact) mass is 524 g/mol. The molecule has 0 radical (unpaired) electrons. The zero-order valence-corrected chi connectivity index (χ0v) is 23.7. The zero-order valence-electron chi connectivity index (χ0n) is 22.9. The van der Waals surface area contributed by atoms with Gasteiger partial charge in [-0.05, 0) is 97.2 Å². The lowest BCUT2D eigenvalue weighted by Crippen LogP contribution is -2.46. The summed E-state index contributed by atoms with van der Waals surface area (Å²) in [6, 6.07) is 15.6. The van der Waals surface area contributed by atoms with Crippen LogP contribution in [0.15, 0.2) is 76.3 Å². The fraction of sp³-hybridized carbons (Fsp3) is 0.484. The number of allylic oxidation sites excluding steroid dienone is 2. The maximum atomic E-state index is 13.4. The molecule has 6 heteroatoms. The van der Waals surface area contributed by atoms with E-state index in [1.54, 1.807) is 19.2 Å². The topological polar surface area (TPSA) is 33.7 Å².